The van der Waals surface area contributed by atoms with Gasteiger partial charge < -0.3 is 4.74 Å². The van der Waals surface area contributed by atoms with Gasteiger partial charge in [-0.3, -0.25) is 19.3 Å². The van der Waals surface area contributed by atoms with Crippen molar-refractivity contribution in [1.29, 1.82) is 0 Å². The Labute approximate surface area is 86.2 Å². The first kappa shape index (κ1) is 11.4. The summed E-state index contributed by atoms with van der Waals surface area (Å²) in [5, 5.41) is 0. The molecule has 0 saturated carbocycles. The van der Waals surface area contributed by atoms with E-state index in [1.807, 2.05) is 0 Å². The second-order valence-electron chi connectivity index (χ2n) is 3.32. The number of esters is 1. The van der Waals surface area contributed by atoms with Crippen LogP contribution in [0.3, 0.4) is 0 Å². The van der Waals surface area contributed by atoms with Crippen molar-refractivity contribution in [2.75, 3.05) is 7.11 Å². The highest BCUT2D eigenvalue weighted by Gasteiger charge is 2.43. The van der Waals surface area contributed by atoms with Crippen molar-refractivity contribution in [3.05, 3.63) is 0 Å². The molecular formula is C9H11NO5. The summed E-state index contributed by atoms with van der Waals surface area (Å²) in [4.78, 5) is 44.8. The Morgan fingerprint density at radius 3 is 2.47 bits per heavy atom. The van der Waals surface area contributed by atoms with Crippen LogP contribution < -0.4 is 0 Å². The number of imide groups is 1. The maximum atomic E-state index is 11.3. The zero-order chi connectivity index (χ0) is 11.6. The van der Waals surface area contributed by atoms with Gasteiger partial charge in [-0.15, -0.1) is 0 Å². The van der Waals surface area contributed by atoms with Crippen molar-refractivity contribution >= 4 is 23.6 Å². The van der Waals surface area contributed by atoms with E-state index in [9.17, 15) is 19.2 Å². The van der Waals surface area contributed by atoms with Crippen LogP contribution in [0.4, 0.5) is 0 Å². The number of Topliss-reactive ketones (excluding diaryl/α,β-unsaturated/α-hetero) is 1. The van der Waals surface area contributed by atoms with Crippen LogP contribution in [-0.4, -0.2) is 41.6 Å². The normalized spacial score (nSPS) is 19.5. The molecule has 0 aromatic carbocycles. The van der Waals surface area contributed by atoms with Gasteiger partial charge in [0.25, 0.3) is 0 Å². The van der Waals surface area contributed by atoms with E-state index < -0.39 is 23.8 Å². The summed E-state index contributed by atoms with van der Waals surface area (Å²) in [5.74, 6) is -2.66. The molecule has 1 fully saturated rings. The molecule has 1 aliphatic heterocycles. The molecule has 1 heterocycles. The van der Waals surface area contributed by atoms with E-state index in [1.165, 1.54) is 6.92 Å². The summed E-state index contributed by atoms with van der Waals surface area (Å²) in [7, 11) is 1.06. The third-order valence-electron chi connectivity index (χ3n) is 2.15. The quantitative estimate of drug-likeness (QED) is 0.343. The number of hydrogen-bond acceptors (Lipinski definition) is 5. The Morgan fingerprint density at radius 2 is 2.07 bits per heavy atom. The van der Waals surface area contributed by atoms with Crippen LogP contribution in [0.1, 0.15) is 19.8 Å². The van der Waals surface area contributed by atoms with Crippen LogP contribution in [-0.2, 0) is 23.9 Å². The van der Waals surface area contributed by atoms with Crippen LogP contribution in [0.15, 0.2) is 0 Å². The van der Waals surface area contributed by atoms with Crippen LogP contribution in [0.25, 0.3) is 0 Å². The predicted octanol–water partition coefficient (Wildman–Crippen LogP) is -0.734. The highest BCUT2D eigenvalue weighted by molar-refractivity contribution is 6.36. The van der Waals surface area contributed by atoms with Crippen molar-refractivity contribution < 1.29 is 23.9 Å². The summed E-state index contributed by atoms with van der Waals surface area (Å²) in [5.41, 5.74) is 0. The summed E-state index contributed by atoms with van der Waals surface area (Å²) in [6.07, 6.45) is 0.219. The van der Waals surface area contributed by atoms with E-state index in [-0.39, 0.29) is 18.6 Å². The van der Waals surface area contributed by atoms with Gasteiger partial charge in [-0.2, -0.15) is 0 Å². The molecule has 1 atom stereocenters. The standard InChI is InChI=1S/C9H11NO5/c1-5(11)3-6-4-7(12)10(6)8(13)9(14)15-2/h6H,3-4H2,1-2H3/t6-/m1/s1. The van der Waals surface area contributed by atoms with Gasteiger partial charge in [0.2, 0.25) is 5.91 Å². The lowest BCUT2D eigenvalue weighted by molar-refractivity contribution is -0.170. The summed E-state index contributed by atoms with van der Waals surface area (Å²) in [6, 6.07) is -0.485. The number of β-lactam (4-membered cyclic amide) rings is 1. The van der Waals surface area contributed by atoms with Gasteiger partial charge in [0, 0.05) is 12.8 Å². The first-order valence-electron chi connectivity index (χ1n) is 4.41. The first-order chi connectivity index (χ1) is 6.97. The smallest absolute Gasteiger partial charge is 0.397 e. The van der Waals surface area contributed by atoms with E-state index in [2.05, 4.69) is 4.74 Å². The minimum absolute atomic E-state index is 0.0917. The molecule has 6 nitrogen and oxygen atoms in total. The Bertz CT molecular complexity index is 335. The van der Waals surface area contributed by atoms with Gasteiger partial charge in [0.1, 0.15) is 5.78 Å². The van der Waals surface area contributed by atoms with E-state index >= 15 is 0 Å². The molecule has 0 unspecified atom stereocenters. The molecule has 82 valence electrons. The summed E-state index contributed by atoms with van der Waals surface area (Å²) >= 11 is 0. The first-order valence-corrected chi connectivity index (χ1v) is 4.41. The fourth-order valence-corrected chi connectivity index (χ4v) is 1.44. The fourth-order valence-electron chi connectivity index (χ4n) is 1.44. The van der Waals surface area contributed by atoms with Crippen LogP contribution in [0, 0.1) is 0 Å². The second-order valence-corrected chi connectivity index (χ2v) is 3.32. The molecule has 0 aromatic heterocycles. The third kappa shape index (κ3) is 2.20. The van der Waals surface area contributed by atoms with E-state index in [4.69, 9.17) is 0 Å². The van der Waals surface area contributed by atoms with Gasteiger partial charge in [-0.05, 0) is 6.92 Å². The van der Waals surface area contributed by atoms with Crippen LogP contribution >= 0.6 is 0 Å². The van der Waals surface area contributed by atoms with Crippen molar-refractivity contribution in [2.24, 2.45) is 0 Å². The van der Waals surface area contributed by atoms with E-state index in [0.717, 1.165) is 12.0 Å². The molecule has 0 aliphatic carbocycles. The summed E-state index contributed by atoms with van der Waals surface area (Å²) < 4.78 is 4.20. The van der Waals surface area contributed by atoms with Crippen LogP contribution in [0.2, 0.25) is 0 Å². The predicted molar refractivity (Wildman–Crippen MR) is 47.6 cm³/mol. The monoisotopic (exact) mass is 213 g/mol. The lowest BCUT2D eigenvalue weighted by Crippen LogP contribution is -2.58. The highest BCUT2D eigenvalue weighted by atomic mass is 16.5. The molecule has 0 bridgehead atoms. The minimum Gasteiger partial charge on any atom is -0.462 e. The third-order valence-corrected chi connectivity index (χ3v) is 2.15. The van der Waals surface area contributed by atoms with Crippen molar-refractivity contribution in [2.45, 2.75) is 25.8 Å². The molecule has 2 amide bonds. The van der Waals surface area contributed by atoms with Gasteiger partial charge in [0.15, 0.2) is 0 Å². The van der Waals surface area contributed by atoms with Gasteiger partial charge in [0.05, 0.1) is 13.2 Å². The molecule has 1 rings (SSSR count). The average molecular weight is 213 g/mol. The average Bonchev–Trinajstić information content (AvgIpc) is 2.14. The fraction of sp³-hybridized carbons (Fsp3) is 0.556. The van der Waals surface area contributed by atoms with Gasteiger partial charge in [-0.25, -0.2) is 4.79 Å². The number of carbonyl (C=O) groups is 4. The second kappa shape index (κ2) is 4.20. The number of amides is 2. The van der Waals surface area contributed by atoms with Gasteiger partial charge >= 0.3 is 11.9 Å². The number of hydrogen-bond donors (Lipinski definition) is 0. The van der Waals surface area contributed by atoms with Crippen LogP contribution in [0.5, 0.6) is 0 Å². The lowest BCUT2D eigenvalue weighted by Gasteiger charge is -2.37. The Morgan fingerprint density at radius 1 is 1.47 bits per heavy atom. The van der Waals surface area contributed by atoms with E-state index in [1.54, 1.807) is 0 Å². The largest absolute Gasteiger partial charge is 0.462 e. The number of likely N-dealkylation sites (tertiary alicyclic amines) is 1. The number of rotatable bonds is 2. The number of ketones is 1. The zero-order valence-corrected chi connectivity index (χ0v) is 8.48. The molecule has 0 radical (unpaired) electrons. The number of nitrogens with zero attached hydrogens (tertiary/aromatic N) is 1. The van der Waals surface area contributed by atoms with E-state index in [0.29, 0.717) is 0 Å². The maximum Gasteiger partial charge on any atom is 0.397 e. The minimum atomic E-state index is -1.09. The number of methoxy groups -OCH3 is 1. The Balaban J connectivity index is 2.66. The SMILES string of the molecule is COC(=O)C(=O)N1C(=O)C[C@H]1CC(C)=O. The highest BCUT2D eigenvalue weighted by Crippen LogP contribution is 2.22. The zero-order valence-electron chi connectivity index (χ0n) is 8.48. The molecule has 15 heavy (non-hydrogen) atoms. The molecule has 0 spiro atoms. The molecule has 1 aliphatic rings. The van der Waals surface area contributed by atoms with Crippen molar-refractivity contribution in [3.8, 4) is 0 Å². The van der Waals surface area contributed by atoms with Gasteiger partial charge in [-0.1, -0.05) is 0 Å². The Hall–Kier alpha value is -1.72. The topological polar surface area (TPSA) is 80.8 Å². The molecule has 6 heteroatoms. The van der Waals surface area contributed by atoms with Crippen molar-refractivity contribution in [3.63, 3.8) is 0 Å². The Kier molecular flexibility index (Phi) is 3.18. The number of carbonyl (C=O) groups excluding carboxylic acids is 4. The molecule has 1 saturated heterocycles. The lowest BCUT2D eigenvalue weighted by atomic mass is 9.96. The number of ether oxygens (including phenoxy) is 1. The molecular weight excluding hydrogens is 202 g/mol. The van der Waals surface area contributed by atoms with Crippen molar-refractivity contribution in [1.82, 2.24) is 4.90 Å². The maximum absolute atomic E-state index is 11.3. The summed E-state index contributed by atoms with van der Waals surface area (Å²) in [6.45, 7) is 1.36. The molecule has 0 N–H and O–H groups in total. The molecule has 0 aromatic rings.